The molecule has 0 aliphatic heterocycles. The van der Waals surface area contributed by atoms with Crippen LogP contribution in [0.25, 0.3) is 0 Å². The Hall–Kier alpha value is -1.84. The zero-order valence-corrected chi connectivity index (χ0v) is 10.4. The first kappa shape index (κ1) is 12.6. The SMILES string of the molecule is CN(C(=O)c1ccccc1C(=O)O)C1CCCC1. The number of carbonyl (C=O) groups excluding carboxylic acids is 1. The molecule has 1 aromatic rings. The standard InChI is InChI=1S/C14H17NO3/c1-15(10-6-2-3-7-10)13(16)11-8-4-5-9-12(11)14(17)18/h4-5,8-10H,2-3,6-7H2,1H3,(H,17,18). The molecule has 0 heterocycles. The minimum atomic E-state index is -1.06. The summed E-state index contributed by atoms with van der Waals surface area (Å²) in [6, 6.07) is 6.63. The van der Waals surface area contributed by atoms with Crippen LogP contribution in [0.5, 0.6) is 0 Å². The van der Waals surface area contributed by atoms with E-state index >= 15 is 0 Å². The summed E-state index contributed by atoms with van der Waals surface area (Å²) in [6.45, 7) is 0. The van der Waals surface area contributed by atoms with Crippen molar-refractivity contribution in [3.8, 4) is 0 Å². The molecule has 18 heavy (non-hydrogen) atoms. The van der Waals surface area contributed by atoms with Crippen molar-refractivity contribution in [2.45, 2.75) is 31.7 Å². The fraction of sp³-hybridized carbons (Fsp3) is 0.429. The molecule has 1 saturated carbocycles. The number of hydrogen-bond acceptors (Lipinski definition) is 2. The lowest BCUT2D eigenvalue weighted by atomic mass is 10.1. The predicted molar refractivity (Wildman–Crippen MR) is 67.8 cm³/mol. The molecule has 1 amide bonds. The Labute approximate surface area is 106 Å². The van der Waals surface area contributed by atoms with Gasteiger partial charge in [0.25, 0.3) is 5.91 Å². The highest BCUT2D eigenvalue weighted by Gasteiger charge is 2.26. The molecule has 4 nitrogen and oxygen atoms in total. The quantitative estimate of drug-likeness (QED) is 0.892. The molecule has 0 aromatic heterocycles. The van der Waals surface area contributed by atoms with E-state index in [9.17, 15) is 9.59 Å². The van der Waals surface area contributed by atoms with Crippen molar-refractivity contribution in [2.75, 3.05) is 7.05 Å². The Morgan fingerprint density at radius 2 is 1.72 bits per heavy atom. The molecule has 1 N–H and O–H groups in total. The van der Waals surface area contributed by atoms with E-state index < -0.39 is 5.97 Å². The van der Waals surface area contributed by atoms with Crippen molar-refractivity contribution in [2.24, 2.45) is 0 Å². The Kier molecular flexibility index (Phi) is 3.65. The lowest BCUT2D eigenvalue weighted by Crippen LogP contribution is -2.36. The van der Waals surface area contributed by atoms with Crippen LogP contribution in [0.2, 0.25) is 0 Å². The monoisotopic (exact) mass is 247 g/mol. The van der Waals surface area contributed by atoms with Gasteiger partial charge < -0.3 is 10.0 Å². The summed E-state index contributed by atoms with van der Waals surface area (Å²) in [5.74, 6) is -1.25. The number of nitrogens with zero attached hydrogens (tertiary/aromatic N) is 1. The lowest BCUT2D eigenvalue weighted by Gasteiger charge is -2.24. The number of carboxylic acids is 1. The average Bonchev–Trinajstić information content (AvgIpc) is 2.90. The number of amides is 1. The van der Waals surface area contributed by atoms with Crippen molar-refractivity contribution >= 4 is 11.9 Å². The molecule has 1 fully saturated rings. The van der Waals surface area contributed by atoms with Crippen LogP contribution in [0.15, 0.2) is 24.3 Å². The predicted octanol–water partition coefficient (Wildman–Crippen LogP) is 2.40. The molecular formula is C14H17NO3. The van der Waals surface area contributed by atoms with Gasteiger partial charge in [0.2, 0.25) is 0 Å². The molecule has 0 atom stereocenters. The molecule has 0 saturated heterocycles. The van der Waals surface area contributed by atoms with Gasteiger partial charge in [-0.05, 0) is 25.0 Å². The van der Waals surface area contributed by atoms with Gasteiger partial charge in [-0.25, -0.2) is 4.79 Å². The third-order valence-electron chi connectivity index (χ3n) is 3.58. The van der Waals surface area contributed by atoms with Gasteiger partial charge in [-0.2, -0.15) is 0 Å². The zero-order valence-electron chi connectivity index (χ0n) is 10.4. The van der Waals surface area contributed by atoms with E-state index in [0.29, 0.717) is 0 Å². The van der Waals surface area contributed by atoms with Crippen molar-refractivity contribution in [3.63, 3.8) is 0 Å². The van der Waals surface area contributed by atoms with Gasteiger partial charge in [0, 0.05) is 13.1 Å². The Balaban J connectivity index is 2.25. The molecule has 2 rings (SSSR count). The molecule has 1 aliphatic carbocycles. The second kappa shape index (κ2) is 5.21. The van der Waals surface area contributed by atoms with E-state index in [1.54, 1.807) is 30.1 Å². The summed E-state index contributed by atoms with van der Waals surface area (Å²) in [6.07, 6.45) is 4.31. The van der Waals surface area contributed by atoms with E-state index in [4.69, 9.17) is 5.11 Å². The van der Waals surface area contributed by atoms with E-state index in [0.717, 1.165) is 25.7 Å². The largest absolute Gasteiger partial charge is 0.478 e. The topological polar surface area (TPSA) is 57.6 Å². The Morgan fingerprint density at radius 1 is 1.17 bits per heavy atom. The van der Waals surface area contributed by atoms with E-state index in [1.165, 1.54) is 6.07 Å². The highest BCUT2D eigenvalue weighted by molar-refractivity contribution is 6.04. The van der Waals surface area contributed by atoms with Crippen molar-refractivity contribution in [1.82, 2.24) is 4.90 Å². The molecule has 4 heteroatoms. The number of aromatic carboxylic acids is 1. The Bertz CT molecular complexity index is 464. The fourth-order valence-electron chi connectivity index (χ4n) is 2.50. The van der Waals surface area contributed by atoms with Crippen LogP contribution in [0.3, 0.4) is 0 Å². The van der Waals surface area contributed by atoms with E-state index in [-0.39, 0.29) is 23.1 Å². The molecule has 96 valence electrons. The Morgan fingerprint density at radius 3 is 2.28 bits per heavy atom. The van der Waals surface area contributed by atoms with Gasteiger partial charge in [-0.15, -0.1) is 0 Å². The van der Waals surface area contributed by atoms with Gasteiger partial charge >= 0.3 is 5.97 Å². The third kappa shape index (κ3) is 2.37. The van der Waals surface area contributed by atoms with E-state index in [1.807, 2.05) is 0 Å². The number of benzene rings is 1. The summed E-state index contributed by atoms with van der Waals surface area (Å²) < 4.78 is 0. The maximum absolute atomic E-state index is 12.3. The van der Waals surface area contributed by atoms with Crippen LogP contribution in [-0.2, 0) is 0 Å². The van der Waals surface area contributed by atoms with Crippen LogP contribution in [0.4, 0.5) is 0 Å². The first-order valence-electron chi connectivity index (χ1n) is 6.20. The minimum Gasteiger partial charge on any atom is -0.478 e. The first-order valence-corrected chi connectivity index (χ1v) is 6.20. The van der Waals surface area contributed by atoms with Crippen LogP contribution in [0.1, 0.15) is 46.4 Å². The van der Waals surface area contributed by atoms with Crippen molar-refractivity contribution in [1.29, 1.82) is 0 Å². The molecule has 0 radical (unpaired) electrons. The van der Waals surface area contributed by atoms with Gasteiger partial charge in [-0.3, -0.25) is 4.79 Å². The molecule has 0 spiro atoms. The second-order valence-electron chi connectivity index (χ2n) is 4.71. The maximum atomic E-state index is 12.3. The molecule has 1 aromatic carbocycles. The molecular weight excluding hydrogens is 230 g/mol. The summed E-state index contributed by atoms with van der Waals surface area (Å²) >= 11 is 0. The van der Waals surface area contributed by atoms with Gasteiger partial charge in [0.1, 0.15) is 0 Å². The average molecular weight is 247 g/mol. The smallest absolute Gasteiger partial charge is 0.336 e. The van der Waals surface area contributed by atoms with Crippen LogP contribution in [-0.4, -0.2) is 35.0 Å². The maximum Gasteiger partial charge on any atom is 0.336 e. The van der Waals surface area contributed by atoms with Gasteiger partial charge in [0.15, 0.2) is 0 Å². The number of rotatable bonds is 3. The van der Waals surface area contributed by atoms with Gasteiger partial charge in [0.05, 0.1) is 11.1 Å². The molecule has 1 aliphatic rings. The van der Waals surface area contributed by atoms with Crippen LogP contribution in [0, 0.1) is 0 Å². The number of carbonyl (C=O) groups is 2. The van der Waals surface area contributed by atoms with Gasteiger partial charge in [-0.1, -0.05) is 25.0 Å². The van der Waals surface area contributed by atoms with Crippen LogP contribution >= 0.6 is 0 Å². The van der Waals surface area contributed by atoms with Crippen molar-refractivity contribution < 1.29 is 14.7 Å². The summed E-state index contributed by atoms with van der Waals surface area (Å²) in [4.78, 5) is 25.1. The number of carboxylic acid groups (broad SMARTS) is 1. The van der Waals surface area contributed by atoms with Crippen molar-refractivity contribution in [3.05, 3.63) is 35.4 Å². The highest BCUT2D eigenvalue weighted by Crippen LogP contribution is 2.24. The first-order chi connectivity index (χ1) is 8.61. The second-order valence-corrected chi connectivity index (χ2v) is 4.71. The van der Waals surface area contributed by atoms with Crippen LogP contribution < -0.4 is 0 Å². The summed E-state index contributed by atoms with van der Waals surface area (Å²) in [5.41, 5.74) is 0.353. The fourth-order valence-corrected chi connectivity index (χ4v) is 2.50. The molecule has 0 bridgehead atoms. The zero-order chi connectivity index (χ0) is 13.1. The minimum absolute atomic E-state index is 0.0762. The normalized spacial score (nSPS) is 15.6. The summed E-state index contributed by atoms with van der Waals surface area (Å²) in [7, 11) is 1.76. The third-order valence-corrected chi connectivity index (χ3v) is 3.58. The number of hydrogen-bond donors (Lipinski definition) is 1. The van der Waals surface area contributed by atoms with E-state index in [2.05, 4.69) is 0 Å². The lowest BCUT2D eigenvalue weighted by molar-refractivity contribution is 0.0669. The highest BCUT2D eigenvalue weighted by atomic mass is 16.4. The summed E-state index contributed by atoms with van der Waals surface area (Å²) in [5, 5.41) is 9.09. The molecule has 0 unspecified atom stereocenters.